The number of hydrogen-bond donors (Lipinski definition) is 3. The Morgan fingerprint density at radius 3 is 2.41 bits per heavy atom. The number of benzene rings is 1. The van der Waals surface area contributed by atoms with Gasteiger partial charge in [0, 0.05) is 25.5 Å². The van der Waals surface area contributed by atoms with Gasteiger partial charge in [-0.1, -0.05) is 30.3 Å². The Morgan fingerprint density at radius 2 is 1.62 bits per heavy atom. The number of pyridine rings is 1. The second-order valence-corrected chi connectivity index (χ2v) is 7.22. The highest BCUT2D eigenvalue weighted by atomic mass is 16.2. The molecule has 0 aliphatic rings. The number of fused-ring (bicyclic) bond motifs is 2. The van der Waals surface area contributed by atoms with Crippen LogP contribution in [0.2, 0.25) is 0 Å². The molecule has 32 heavy (non-hydrogen) atoms. The van der Waals surface area contributed by atoms with Crippen LogP contribution in [-0.4, -0.2) is 36.2 Å². The highest BCUT2D eigenvalue weighted by molar-refractivity contribution is 6.03. The third-order valence-corrected chi connectivity index (χ3v) is 5.14. The largest absolute Gasteiger partial charge is 0.347 e. The molecule has 9 nitrogen and oxygen atoms in total. The molecule has 4 aromatic heterocycles. The highest BCUT2D eigenvalue weighted by Crippen LogP contribution is 2.13. The number of aromatic nitrogens is 5. The minimum absolute atomic E-state index is 0.242. The second-order valence-electron chi connectivity index (χ2n) is 7.22. The van der Waals surface area contributed by atoms with Crippen LogP contribution in [0.3, 0.4) is 0 Å². The van der Waals surface area contributed by atoms with Crippen LogP contribution < -0.4 is 10.6 Å². The minimum Gasteiger partial charge on any atom is -0.347 e. The number of imidazole rings is 1. The van der Waals surface area contributed by atoms with Gasteiger partial charge in [-0.3, -0.25) is 14.0 Å². The van der Waals surface area contributed by atoms with Crippen molar-refractivity contribution in [3.8, 4) is 0 Å². The van der Waals surface area contributed by atoms with E-state index in [0.717, 1.165) is 16.6 Å². The van der Waals surface area contributed by atoms with E-state index < -0.39 is 0 Å². The zero-order valence-corrected chi connectivity index (χ0v) is 16.9. The molecule has 158 valence electrons. The van der Waals surface area contributed by atoms with E-state index in [9.17, 15) is 9.59 Å². The summed E-state index contributed by atoms with van der Waals surface area (Å²) in [5, 5.41) is 6.45. The Hall–Kier alpha value is -4.53. The van der Waals surface area contributed by atoms with E-state index in [4.69, 9.17) is 0 Å². The molecule has 0 saturated carbocycles. The van der Waals surface area contributed by atoms with Gasteiger partial charge in [0.15, 0.2) is 0 Å². The third kappa shape index (κ3) is 3.79. The summed E-state index contributed by atoms with van der Waals surface area (Å²) in [4.78, 5) is 40.4. The molecule has 0 aliphatic heterocycles. The Kier molecular flexibility index (Phi) is 5.04. The summed E-state index contributed by atoms with van der Waals surface area (Å²) in [6, 6.07) is 15.1. The summed E-state index contributed by atoms with van der Waals surface area (Å²) < 4.78 is 1.75. The Labute approximate surface area is 182 Å². The molecule has 0 saturated heterocycles. The summed E-state index contributed by atoms with van der Waals surface area (Å²) in [7, 11) is 0. The van der Waals surface area contributed by atoms with E-state index >= 15 is 0 Å². The lowest BCUT2D eigenvalue weighted by Gasteiger charge is -2.08. The summed E-state index contributed by atoms with van der Waals surface area (Å²) in [6.45, 7) is 0.737. The molecular formula is C23H19N7O2. The maximum Gasteiger partial charge on any atom is 0.287 e. The monoisotopic (exact) mass is 425 g/mol. The summed E-state index contributed by atoms with van der Waals surface area (Å²) in [5.74, 6) is -0.157. The van der Waals surface area contributed by atoms with Crippen LogP contribution in [0.25, 0.3) is 16.6 Å². The van der Waals surface area contributed by atoms with E-state index in [2.05, 4.69) is 30.6 Å². The molecule has 0 unspecified atom stereocenters. The van der Waals surface area contributed by atoms with Crippen molar-refractivity contribution in [1.82, 2.24) is 35.0 Å². The van der Waals surface area contributed by atoms with Crippen LogP contribution in [0.5, 0.6) is 0 Å². The molecule has 4 heterocycles. The molecule has 0 atom stereocenters. The first-order valence-electron chi connectivity index (χ1n) is 10.0. The van der Waals surface area contributed by atoms with E-state index in [0.29, 0.717) is 35.6 Å². The first-order valence-corrected chi connectivity index (χ1v) is 10.0. The quantitative estimate of drug-likeness (QED) is 0.386. The number of aromatic amines is 1. The van der Waals surface area contributed by atoms with Gasteiger partial charge >= 0.3 is 0 Å². The molecule has 0 radical (unpaired) electrons. The van der Waals surface area contributed by atoms with Crippen LogP contribution in [0.1, 0.15) is 32.2 Å². The Morgan fingerprint density at radius 1 is 0.875 bits per heavy atom. The number of amides is 2. The molecule has 5 aromatic rings. The SMILES string of the molecule is O=C(NCc1ccc(CNC(=O)c2ncc3ccccn23)cc1)c1ncnc2[nH]ccc12. The van der Waals surface area contributed by atoms with Gasteiger partial charge in [-0.2, -0.15) is 0 Å². The number of carbonyl (C=O) groups excluding carboxylic acids is 2. The maximum absolute atomic E-state index is 12.5. The van der Waals surface area contributed by atoms with E-state index in [1.807, 2.05) is 48.7 Å². The molecule has 9 heteroatoms. The Balaban J connectivity index is 1.18. The lowest BCUT2D eigenvalue weighted by molar-refractivity contribution is 0.0934. The van der Waals surface area contributed by atoms with Crippen LogP contribution in [-0.2, 0) is 13.1 Å². The van der Waals surface area contributed by atoms with Crippen LogP contribution >= 0.6 is 0 Å². The second kappa shape index (κ2) is 8.31. The fourth-order valence-electron chi connectivity index (χ4n) is 3.47. The van der Waals surface area contributed by atoms with Crippen molar-refractivity contribution >= 4 is 28.4 Å². The third-order valence-electron chi connectivity index (χ3n) is 5.14. The predicted octanol–water partition coefficient (Wildman–Crippen LogP) is 2.47. The molecule has 0 spiro atoms. The fraction of sp³-hybridized carbons (Fsp3) is 0.0870. The van der Waals surface area contributed by atoms with Gasteiger partial charge in [0.1, 0.15) is 17.7 Å². The number of H-pyrrole nitrogens is 1. The van der Waals surface area contributed by atoms with E-state index in [1.54, 1.807) is 22.9 Å². The number of nitrogens with zero attached hydrogens (tertiary/aromatic N) is 4. The van der Waals surface area contributed by atoms with Gasteiger partial charge < -0.3 is 15.6 Å². The topological polar surface area (TPSA) is 117 Å². The van der Waals surface area contributed by atoms with Crippen LogP contribution in [0.15, 0.2) is 73.4 Å². The summed E-state index contributed by atoms with van der Waals surface area (Å²) >= 11 is 0. The van der Waals surface area contributed by atoms with Crippen LogP contribution in [0, 0.1) is 0 Å². The number of carbonyl (C=O) groups is 2. The van der Waals surface area contributed by atoms with Gasteiger partial charge in [-0.25, -0.2) is 15.0 Å². The Bertz CT molecular complexity index is 1420. The van der Waals surface area contributed by atoms with Gasteiger partial charge in [0.25, 0.3) is 11.8 Å². The van der Waals surface area contributed by atoms with E-state index in [-0.39, 0.29) is 11.8 Å². The normalized spacial score (nSPS) is 11.0. The number of rotatable bonds is 6. The standard InChI is InChI=1S/C23H19N7O2/c31-22(19-18-8-9-24-20(18)29-14-28-19)26-11-15-4-6-16(7-5-15)12-27-23(32)21-25-13-17-3-1-2-10-30(17)21/h1-10,13-14H,11-12H2,(H,26,31)(H,27,32)(H,24,28,29). The van der Waals surface area contributed by atoms with Gasteiger partial charge in [-0.05, 0) is 29.3 Å². The van der Waals surface area contributed by atoms with Crippen molar-refractivity contribution in [1.29, 1.82) is 0 Å². The summed E-state index contributed by atoms with van der Waals surface area (Å²) in [6.07, 6.45) is 6.56. The van der Waals surface area contributed by atoms with Crippen LogP contribution in [0.4, 0.5) is 0 Å². The fourth-order valence-corrected chi connectivity index (χ4v) is 3.47. The van der Waals surface area contributed by atoms with Crippen molar-refractivity contribution in [2.24, 2.45) is 0 Å². The zero-order chi connectivity index (χ0) is 21.9. The molecule has 3 N–H and O–H groups in total. The lowest BCUT2D eigenvalue weighted by Crippen LogP contribution is -2.25. The van der Waals surface area contributed by atoms with Gasteiger partial charge in [0.2, 0.25) is 5.82 Å². The molecule has 0 aliphatic carbocycles. The van der Waals surface area contributed by atoms with Gasteiger partial charge in [0.05, 0.1) is 17.1 Å². The highest BCUT2D eigenvalue weighted by Gasteiger charge is 2.13. The van der Waals surface area contributed by atoms with Crippen molar-refractivity contribution < 1.29 is 9.59 Å². The molecular weight excluding hydrogens is 406 g/mol. The molecule has 1 aromatic carbocycles. The molecule has 2 amide bonds. The van der Waals surface area contributed by atoms with E-state index in [1.165, 1.54) is 6.33 Å². The summed E-state index contributed by atoms with van der Waals surface area (Å²) in [5.41, 5.74) is 3.71. The predicted molar refractivity (Wildman–Crippen MR) is 118 cm³/mol. The van der Waals surface area contributed by atoms with Crippen molar-refractivity contribution in [2.45, 2.75) is 13.1 Å². The first kappa shape index (κ1) is 19.4. The average Bonchev–Trinajstić information content (AvgIpc) is 3.48. The molecule has 0 fully saturated rings. The average molecular weight is 425 g/mol. The first-order chi connectivity index (χ1) is 15.7. The zero-order valence-electron chi connectivity index (χ0n) is 16.9. The maximum atomic E-state index is 12.5. The van der Waals surface area contributed by atoms with Crippen molar-refractivity contribution in [2.75, 3.05) is 0 Å². The van der Waals surface area contributed by atoms with Gasteiger partial charge in [-0.15, -0.1) is 0 Å². The van der Waals surface area contributed by atoms with Crippen molar-refractivity contribution in [3.63, 3.8) is 0 Å². The van der Waals surface area contributed by atoms with Crippen molar-refractivity contribution in [3.05, 3.63) is 96.1 Å². The molecule has 5 rings (SSSR count). The minimum atomic E-state index is -0.264. The smallest absolute Gasteiger partial charge is 0.287 e. The number of nitrogens with one attached hydrogen (secondary N) is 3. The number of hydrogen-bond acceptors (Lipinski definition) is 5. The lowest BCUT2D eigenvalue weighted by atomic mass is 10.1. The molecule has 0 bridgehead atoms.